The summed E-state index contributed by atoms with van der Waals surface area (Å²) in [5.41, 5.74) is 14.1. The van der Waals surface area contributed by atoms with Crippen molar-refractivity contribution in [1.82, 2.24) is 87.2 Å². The Bertz CT molecular complexity index is 6400. The standard InChI is InChI=1S/C62H81N21O31P6S6/c1-6-29-30(7-41(103-29)78-13-26(2)55(84)75-60(78)88)110-116(92,122)98-18-38-33(10-44(106-38)81-23-70-47-50(63)66-21-68-52(47)81)113-119(95,125)100-17-37-32(9-43(105-37)80-15-28(4)57(86)77-62(80)90)111-117(93,123)102-20-40-35(12-46(108-40)83-25-72-49-54(83)73-59(65)74-58(49)87)114-120(96,126)101-19-39-34(11-45(107-39)82-24-71-48-51(64)67-22-69-53(48)82)112-118(94,124)99-16-36-31(109-115(91,121)97-5)8-42(104-36)79-14-27(3)56(85)76-61(79)89/h13-15,21-25,29-46H,6-12,16-20H2,1-5H3,(H,91,121)(H,92,122)(H,93,123)(H,94,124)(H,95,125)(H,96,126)(H2,63,66,68)(H2,64,67,69)(H,75,84,88)(H,76,85,89)(H,77,86,90)(H3,65,73,74,87)/t29-,30?,31?,32?,33?,34?,35?,36-,37-,38-,39-,40-,41-,42-,43-,44-,45-,46-,115?,116?,117?,118?,119?,120?/m1/s1. The fraction of sp³-hybridized carbons (Fsp3) is 0.565. The van der Waals surface area contributed by atoms with Crippen molar-refractivity contribution in [3.05, 3.63) is 140 Å². The van der Waals surface area contributed by atoms with Crippen molar-refractivity contribution in [3.63, 3.8) is 0 Å². The predicted octanol–water partition coefficient (Wildman–Crippen LogP) is 0.598. The van der Waals surface area contributed by atoms with Crippen LogP contribution in [0.25, 0.3) is 33.5 Å². The molecule has 0 aliphatic carbocycles. The SMILES string of the molecule is CC[C@H]1O[C@@H](n2cc(C)c(=O)[nH]c2=O)CC1OP(O)(=S)OC[C@H]1O[C@@H](n2cnc3c(N)ncnc32)CC1OP(O)(=S)OC[C@H]1O[C@@H](n2cc(C)c(=O)[nH]c2=O)CC1OP(O)(=S)OC[C@H]1O[C@@H](n2cnc3c(=O)[nH]c(N)nc32)CC1OP(O)(=S)OC[C@H]1O[C@@H](n2cnc3c(N)ncnc32)CC1OP(O)(=S)OC[C@H]1O[C@@H](n2cc(C)c(=O)[nH]c2=O)CC1OP(O)(=S)OC. The van der Waals surface area contributed by atoms with Gasteiger partial charge in [-0.3, -0.25) is 66.5 Å². The fourth-order valence-electron chi connectivity index (χ4n) is 14.8. The number of hydrogen-bond acceptors (Lipinski definition) is 42. The second-order valence-electron chi connectivity index (χ2n) is 29.3. The van der Waals surface area contributed by atoms with Gasteiger partial charge < -0.3 is 129 Å². The van der Waals surface area contributed by atoms with Crippen LogP contribution in [0.1, 0.15) is 106 Å². The monoisotopic (exact) mass is 1990 g/mol. The molecule has 6 fully saturated rings. The van der Waals surface area contributed by atoms with E-state index in [1.807, 2.05) is 0 Å². The van der Waals surface area contributed by atoms with Gasteiger partial charge in [-0.15, -0.1) is 0 Å². The second kappa shape index (κ2) is 37.8. The lowest BCUT2D eigenvalue weighted by atomic mass is 10.1. The molecule has 126 heavy (non-hydrogen) atoms. The van der Waals surface area contributed by atoms with Gasteiger partial charge in [-0.1, -0.05) is 6.92 Å². The zero-order valence-electron chi connectivity index (χ0n) is 66.0. The van der Waals surface area contributed by atoms with Crippen molar-refractivity contribution >= 4 is 162 Å². The molecule has 52 nitrogen and oxygen atoms in total. The maximum Gasteiger partial charge on any atom is 0.330 e. The Hall–Kier alpha value is -6.17. The molecule has 9 aromatic rings. The minimum Gasteiger partial charge on any atom is -0.382 e. The van der Waals surface area contributed by atoms with Gasteiger partial charge in [0, 0.05) is 80.9 Å². The van der Waals surface area contributed by atoms with Crippen LogP contribution in [0.5, 0.6) is 0 Å². The maximum absolute atomic E-state index is 13.5. The molecule has 12 unspecified atom stereocenters. The number of rotatable bonds is 35. The van der Waals surface area contributed by atoms with E-state index in [-0.39, 0.29) is 106 Å². The van der Waals surface area contributed by atoms with Gasteiger partial charge in [-0.2, -0.15) is 4.98 Å². The van der Waals surface area contributed by atoms with Crippen molar-refractivity contribution in [2.45, 2.75) is 183 Å². The average molecular weight is 1990 g/mol. The fourth-order valence-corrected chi connectivity index (χ4v) is 23.1. The highest BCUT2D eigenvalue weighted by Gasteiger charge is 2.50. The molecule has 9 aromatic heterocycles. The van der Waals surface area contributed by atoms with Crippen LogP contribution in [-0.2, 0) is 154 Å². The summed E-state index contributed by atoms with van der Waals surface area (Å²) >= 11 is 33.3. The van der Waals surface area contributed by atoms with Crippen LogP contribution in [-0.4, -0.2) is 230 Å². The number of aryl methyl sites for hydroxylation is 3. The van der Waals surface area contributed by atoms with Crippen LogP contribution in [0.15, 0.2) is 83.8 Å². The van der Waals surface area contributed by atoms with E-state index in [9.17, 15) is 62.9 Å². The molecule has 15 rings (SSSR count). The summed E-state index contributed by atoms with van der Waals surface area (Å²) in [6.07, 6.45) is -12.5. The lowest BCUT2D eigenvalue weighted by Crippen LogP contribution is -2.33. The van der Waals surface area contributed by atoms with Gasteiger partial charge in [-0.25, -0.2) is 49.3 Å². The highest BCUT2D eigenvalue weighted by atomic mass is 32.5. The van der Waals surface area contributed by atoms with E-state index in [0.717, 1.165) is 16.2 Å². The van der Waals surface area contributed by atoms with Crippen LogP contribution in [0, 0.1) is 20.8 Å². The van der Waals surface area contributed by atoms with E-state index >= 15 is 0 Å². The number of aromatic nitrogens is 18. The van der Waals surface area contributed by atoms with Gasteiger partial charge in [0.05, 0.1) is 94.7 Å². The van der Waals surface area contributed by atoms with Crippen LogP contribution >= 0.6 is 40.3 Å². The molecule has 64 heteroatoms. The Kier molecular flexibility index (Phi) is 28.4. The minimum atomic E-state index is -4.70. The molecule has 16 N–H and O–H groups in total. The number of H-pyrrole nitrogens is 4. The quantitative estimate of drug-likeness (QED) is 0.0242. The first-order chi connectivity index (χ1) is 59.5. The number of anilines is 3. The molecule has 0 radical (unpaired) electrons. The van der Waals surface area contributed by atoms with E-state index in [4.69, 9.17) is 171 Å². The van der Waals surface area contributed by atoms with Crippen LogP contribution in [0.2, 0.25) is 0 Å². The summed E-state index contributed by atoms with van der Waals surface area (Å²) in [5.74, 6) is -0.248. The third-order valence-electron chi connectivity index (χ3n) is 20.9. The second-order valence-corrected chi connectivity index (χ2v) is 46.2. The summed E-state index contributed by atoms with van der Waals surface area (Å²) in [4.78, 5) is 203. The lowest BCUT2D eigenvalue weighted by Gasteiger charge is -2.28. The summed E-state index contributed by atoms with van der Waals surface area (Å²) in [6, 6.07) is 0. The van der Waals surface area contributed by atoms with Crippen molar-refractivity contribution in [2.75, 3.05) is 57.3 Å². The third kappa shape index (κ3) is 21.4. The Morgan fingerprint density at radius 1 is 0.381 bits per heavy atom. The third-order valence-corrected chi connectivity index (χ3v) is 30.5. The van der Waals surface area contributed by atoms with Gasteiger partial charge in [0.25, 0.3) is 22.2 Å². The first-order valence-corrected chi connectivity index (χ1v) is 53.4. The van der Waals surface area contributed by atoms with E-state index < -0.39 is 223 Å². The molecule has 0 bridgehead atoms. The molecule has 0 spiro atoms. The number of nitrogen functional groups attached to an aromatic ring is 3. The van der Waals surface area contributed by atoms with Gasteiger partial charge in [0.2, 0.25) is 5.95 Å². The van der Waals surface area contributed by atoms with Crippen LogP contribution in [0.4, 0.5) is 17.6 Å². The highest BCUT2D eigenvalue weighted by molar-refractivity contribution is 8.08. The number of ether oxygens (including phenoxy) is 6. The van der Waals surface area contributed by atoms with Crippen molar-refractivity contribution in [1.29, 1.82) is 0 Å². The summed E-state index contributed by atoms with van der Waals surface area (Å²) in [5, 5.41) is 0. The molecule has 0 saturated carbocycles. The highest BCUT2D eigenvalue weighted by Crippen LogP contribution is 2.58. The average Bonchev–Trinajstić information content (AvgIpc) is 1.63. The number of aromatic amines is 4. The van der Waals surface area contributed by atoms with Gasteiger partial charge in [0.1, 0.15) is 91.6 Å². The Morgan fingerprint density at radius 2 is 0.651 bits per heavy atom. The van der Waals surface area contributed by atoms with Crippen LogP contribution in [0.3, 0.4) is 0 Å². The molecule has 15 heterocycles. The molecule has 0 amide bonds. The van der Waals surface area contributed by atoms with Crippen molar-refractivity contribution in [3.8, 4) is 0 Å². The summed E-state index contributed by atoms with van der Waals surface area (Å²) in [6.45, 7) is -23.9. The topological polar surface area (TPSA) is 681 Å². The van der Waals surface area contributed by atoms with E-state index in [0.29, 0.717) is 6.42 Å². The number of hydrogen-bond donors (Lipinski definition) is 13. The number of nitrogens with two attached hydrogens (primary N) is 3. The number of nitrogens with zero attached hydrogens (tertiary/aromatic N) is 14. The smallest absolute Gasteiger partial charge is 0.330 e. The Morgan fingerprint density at radius 3 is 0.952 bits per heavy atom. The Balaban J connectivity index is 0.646. The zero-order chi connectivity index (χ0) is 90.2. The normalized spacial score (nSPS) is 29.4. The number of fused-ring (bicyclic) bond motifs is 3. The minimum absolute atomic E-state index is 0.00352. The first kappa shape index (κ1) is 94.5. The molecule has 0 aromatic carbocycles. The van der Waals surface area contributed by atoms with Crippen LogP contribution < -0.4 is 56.5 Å². The molecule has 24 atom stereocenters. The van der Waals surface area contributed by atoms with Crippen molar-refractivity contribution in [2.24, 2.45) is 0 Å². The first-order valence-electron chi connectivity index (χ1n) is 37.8. The molecular weight excluding hydrogens is 1910 g/mol. The lowest BCUT2D eigenvalue weighted by molar-refractivity contribution is -0.0564. The molecular formula is C62H81N21O31P6S6. The van der Waals surface area contributed by atoms with E-state index in [1.165, 1.54) is 89.3 Å². The molecule has 6 aliphatic rings. The number of imidazole rings is 3. The van der Waals surface area contributed by atoms with Gasteiger partial charge in [-0.05, 0) is 98.0 Å². The predicted molar refractivity (Wildman–Crippen MR) is 457 cm³/mol. The zero-order valence-corrected chi connectivity index (χ0v) is 76.3. The molecule has 686 valence electrons. The maximum atomic E-state index is 13.5. The summed E-state index contributed by atoms with van der Waals surface area (Å²) in [7, 11) is 1.11. The van der Waals surface area contributed by atoms with Crippen molar-refractivity contribution < 1.29 is 112 Å². The largest absolute Gasteiger partial charge is 0.382 e. The van der Waals surface area contributed by atoms with E-state index in [2.05, 4.69) is 59.8 Å². The summed E-state index contributed by atoms with van der Waals surface area (Å²) < 4.78 is 117. The molecule has 6 saturated heterocycles. The van der Waals surface area contributed by atoms with Gasteiger partial charge in [0.15, 0.2) is 34.1 Å². The van der Waals surface area contributed by atoms with E-state index in [1.54, 1.807) is 6.92 Å². The number of nitrogens with one attached hydrogen (secondary N) is 4. The Labute approximate surface area is 737 Å². The molecule has 6 aliphatic heterocycles. The van der Waals surface area contributed by atoms with Gasteiger partial charge >= 0.3 is 57.4 Å².